The first-order chi connectivity index (χ1) is 13.2. The van der Waals surface area contributed by atoms with Gasteiger partial charge in [0.2, 0.25) is 0 Å². The van der Waals surface area contributed by atoms with Crippen LogP contribution in [-0.4, -0.2) is 43.4 Å². The molecule has 0 N–H and O–H groups in total. The van der Waals surface area contributed by atoms with Gasteiger partial charge in [0.25, 0.3) is 5.91 Å². The summed E-state index contributed by atoms with van der Waals surface area (Å²) in [6.07, 6.45) is 7.69. The summed E-state index contributed by atoms with van der Waals surface area (Å²) < 4.78 is 2.11. The summed E-state index contributed by atoms with van der Waals surface area (Å²) in [5.74, 6) is -0.0184. The lowest BCUT2D eigenvalue weighted by molar-refractivity contribution is -0.130. The first kappa shape index (κ1) is 16.5. The Bertz CT molecular complexity index is 870. The molecule has 5 rings (SSSR count). The second-order valence-electron chi connectivity index (χ2n) is 7.88. The molecule has 1 atom stereocenters. The third-order valence-electron chi connectivity index (χ3n) is 6.23. The van der Waals surface area contributed by atoms with Crippen molar-refractivity contribution in [1.82, 2.24) is 19.4 Å². The predicted molar refractivity (Wildman–Crippen MR) is 99.9 cm³/mol. The summed E-state index contributed by atoms with van der Waals surface area (Å²) in [5, 5.41) is 0. The van der Waals surface area contributed by atoms with E-state index in [9.17, 15) is 9.59 Å². The highest BCUT2D eigenvalue weighted by Gasteiger charge is 2.50. The third-order valence-corrected chi connectivity index (χ3v) is 6.23. The Morgan fingerprint density at radius 3 is 2.59 bits per heavy atom. The Balaban J connectivity index is 1.40. The molecule has 3 aliphatic rings. The fourth-order valence-corrected chi connectivity index (χ4v) is 4.77. The Hall–Kier alpha value is -2.63. The fourth-order valence-electron chi connectivity index (χ4n) is 4.77. The highest BCUT2D eigenvalue weighted by atomic mass is 16.2. The normalized spacial score (nSPS) is 22.9. The molecular weight excluding hydrogens is 340 g/mol. The van der Waals surface area contributed by atoms with Crippen LogP contribution < -0.4 is 0 Å². The smallest absolute Gasteiger partial charge is 0.328 e. The first-order valence-corrected chi connectivity index (χ1v) is 9.93. The van der Waals surface area contributed by atoms with Gasteiger partial charge in [0.15, 0.2) is 0 Å². The SMILES string of the molecule is O=C1C2Cc3ncn(Cc4ccccc4)c3CN2C(=O)N1C1CCCCC1. The van der Waals surface area contributed by atoms with Crippen molar-refractivity contribution in [2.24, 2.45) is 0 Å². The first-order valence-electron chi connectivity index (χ1n) is 9.93. The fraction of sp³-hybridized carbons (Fsp3) is 0.476. The Kier molecular flexibility index (Phi) is 3.99. The molecule has 2 fully saturated rings. The van der Waals surface area contributed by atoms with Gasteiger partial charge in [-0.25, -0.2) is 9.78 Å². The summed E-state index contributed by atoms with van der Waals surface area (Å²) in [7, 11) is 0. The van der Waals surface area contributed by atoms with E-state index in [1.165, 1.54) is 12.0 Å². The van der Waals surface area contributed by atoms with Crippen molar-refractivity contribution in [3.63, 3.8) is 0 Å². The van der Waals surface area contributed by atoms with Gasteiger partial charge >= 0.3 is 6.03 Å². The minimum absolute atomic E-state index is 0.0184. The highest BCUT2D eigenvalue weighted by Crippen LogP contribution is 2.34. The molecule has 1 unspecified atom stereocenters. The molecule has 2 aliphatic heterocycles. The Labute approximate surface area is 158 Å². The van der Waals surface area contributed by atoms with Crippen LogP contribution in [0.15, 0.2) is 36.7 Å². The maximum absolute atomic E-state index is 13.1. The molecule has 3 heterocycles. The average Bonchev–Trinajstić information content (AvgIpc) is 3.21. The monoisotopic (exact) mass is 364 g/mol. The number of hydrogen-bond acceptors (Lipinski definition) is 3. The van der Waals surface area contributed by atoms with E-state index in [1.807, 2.05) is 24.5 Å². The molecule has 2 aromatic rings. The number of amides is 3. The molecule has 0 spiro atoms. The molecule has 1 saturated heterocycles. The summed E-state index contributed by atoms with van der Waals surface area (Å²) in [4.78, 5) is 33.9. The van der Waals surface area contributed by atoms with E-state index < -0.39 is 0 Å². The maximum atomic E-state index is 13.1. The zero-order chi connectivity index (χ0) is 18.4. The second-order valence-corrected chi connectivity index (χ2v) is 7.88. The number of carbonyl (C=O) groups is 2. The van der Waals surface area contributed by atoms with Crippen molar-refractivity contribution in [3.8, 4) is 0 Å². The van der Waals surface area contributed by atoms with Gasteiger partial charge in [0.05, 0.1) is 24.3 Å². The molecule has 0 radical (unpaired) electrons. The molecule has 3 amide bonds. The van der Waals surface area contributed by atoms with Crippen LogP contribution in [0, 0.1) is 0 Å². The number of urea groups is 1. The van der Waals surface area contributed by atoms with Gasteiger partial charge in [-0.1, -0.05) is 49.6 Å². The molecule has 6 heteroatoms. The summed E-state index contributed by atoms with van der Waals surface area (Å²) in [6.45, 7) is 1.21. The zero-order valence-corrected chi connectivity index (χ0v) is 15.4. The number of aromatic nitrogens is 2. The standard InChI is InChI=1S/C21H24N4O2/c26-20-18-11-17-19(23(14-22-17)12-15-7-3-1-4-8-15)13-24(18)21(27)25(20)16-9-5-2-6-10-16/h1,3-4,7-8,14,16,18H,2,5-6,9-13H2. The van der Waals surface area contributed by atoms with Crippen molar-refractivity contribution in [1.29, 1.82) is 0 Å². The van der Waals surface area contributed by atoms with E-state index in [0.29, 0.717) is 13.0 Å². The van der Waals surface area contributed by atoms with Gasteiger partial charge in [0.1, 0.15) is 6.04 Å². The van der Waals surface area contributed by atoms with E-state index in [-0.39, 0.29) is 24.0 Å². The van der Waals surface area contributed by atoms with E-state index in [2.05, 4.69) is 21.7 Å². The Morgan fingerprint density at radius 2 is 1.81 bits per heavy atom. The zero-order valence-electron chi connectivity index (χ0n) is 15.4. The number of fused-ring (bicyclic) bond motifs is 2. The van der Waals surface area contributed by atoms with Crippen LogP contribution in [0.4, 0.5) is 4.79 Å². The number of benzene rings is 1. The molecule has 0 bridgehead atoms. The van der Waals surface area contributed by atoms with Crippen molar-refractivity contribution < 1.29 is 9.59 Å². The van der Waals surface area contributed by atoms with Gasteiger partial charge in [-0.15, -0.1) is 0 Å². The van der Waals surface area contributed by atoms with Crippen LogP contribution >= 0.6 is 0 Å². The number of imidazole rings is 1. The van der Waals surface area contributed by atoms with Gasteiger partial charge < -0.3 is 9.47 Å². The molecular formula is C21H24N4O2. The van der Waals surface area contributed by atoms with Crippen LogP contribution in [-0.2, 0) is 24.3 Å². The molecule has 140 valence electrons. The lowest BCUT2D eigenvalue weighted by atomic mass is 9.94. The van der Waals surface area contributed by atoms with Crippen LogP contribution in [0.25, 0.3) is 0 Å². The van der Waals surface area contributed by atoms with Gasteiger partial charge in [-0.2, -0.15) is 0 Å². The molecule has 1 aliphatic carbocycles. The largest absolute Gasteiger partial charge is 0.328 e. The lowest BCUT2D eigenvalue weighted by Gasteiger charge is -2.29. The van der Waals surface area contributed by atoms with Crippen LogP contribution in [0.1, 0.15) is 49.1 Å². The highest BCUT2D eigenvalue weighted by molar-refractivity contribution is 6.04. The summed E-state index contributed by atoms with van der Waals surface area (Å²) in [5.41, 5.74) is 3.22. The molecule has 6 nitrogen and oxygen atoms in total. The van der Waals surface area contributed by atoms with Crippen LogP contribution in [0.2, 0.25) is 0 Å². The predicted octanol–water partition coefficient (Wildman–Crippen LogP) is 2.95. The number of hydrogen-bond donors (Lipinski definition) is 0. The Morgan fingerprint density at radius 1 is 1.04 bits per heavy atom. The van der Waals surface area contributed by atoms with E-state index in [0.717, 1.165) is 43.6 Å². The van der Waals surface area contributed by atoms with Gasteiger partial charge in [-0.3, -0.25) is 9.69 Å². The topological polar surface area (TPSA) is 58.4 Å². The molecule has 1 aromatic carbocycles. The van der Waals surface area contributed by atoms with E-state index in [4.69, 9.17) is 0 Å². The van der Waals surface area contributed by atoms with Crippen molar-refractivity contribution in [3.05, 3.63) is 53.6 Å². The summed E-state index contributed by atoms with van der Waals surface area (Å²) >= 11 is 0. The van der Waals surface area contributed by atoms with Gasteiger partial charge in [-0.05, 0) is 18.4 Å². The molecule has 1 saturated carbocycles. The minimum atomic E-state index is -0.369. The lowest BCUT2D eigenvalue weighted by Crippen LogP contribution is -2.42. The number of imide groups is 1. The average molecular weight is 364 g/mol. The van der Waals surface area contributed by atoms with Crippen LogP contribution in [0.3, 0.4) is 0 Å². The third kappa shape index (κ3) is 2.74. The van der Waals surface area contributed by atoms with E-state index >= 15 is 0 Å². The van der Waals surface area contributed by atoms with Crippen LogP contribution in [0.5, 0.6) is 0 Å². The summed E-state index contributed by atoms with van der Waals surface area (Å²) in [6, 6.07) is 9.86. The van der Waals surface area contributed by atoms with Crippen molar-refractivity contribution in [2.45, 2.75) is 63.7 Å². The second kappa shape index (κ2) is 6.51. The van der Waals surface area contributed by atoms with Crippen molar-refractivity contribution in [2.75, 3.05) is 0 Å². The number of carbonyl (C=O) groups excluding carboxylic acids is 2. The molecule has 27 heavy (non-hydrogen) atoms. The quantitative estimate of drug-likeness (QED) is 0.787. The maximum Gasteiger partial charge on any atom is 0.328 e. The minimum Gasteiger partial charge on any atom is -0.328 e. The number of nitrogens with zero attached hydrogens (tertiary/aromatic N) is 4. The van der Waals surface area contributed by atoms with Gasteiger partial charge in [0, 0.05) is 19.0 Å². The van der Waals surface area contributed by atoms with Crippen molar-refractivity contribution >= 4 is 11.9 Å². The van der Waals surface area contributed by atoms with E-state index in [1.54, 1.807) is 9.80 Å². The number of rotatable bonds is 3. The molecule has 1 aromatic heterocycles.